The van der Waals surface area contributed by atoms with Crippen molar-refractivity contribution in [2.45, 2.75) is 36.3 Å². The van der Waals surface area contributed by atoms with Gasteiger partial charge in [-0.25, -0.2) is 17.6 Å². The molecular weight excluding hydrogens is 547 g/mol. The van der Waals surface area contributed by atoms with Crippen LogP contribution in [-0.2, 0) is 9.84 Å². The first-order valence-electron chi connectivity index (χ1n) is 12.9. The molecule has 1 heterocycles. The van der Waals surface area contributed by atoms with Crippen LogP contribution in [0.25, 0.3) is 0 Å². The Morgan fingerprint density at radius 3 is 2.44 bits per heavy atom. The van der Waals surface area contributed by atoms with Crippen LogP contribution in [0.4, 0.5) is 14.9 Å². The van der Waals surface area contributed by atoms with E-state index in [9.17, 15) is 17.6 Å². The van der Waals surface area contributed by atoms with E-state index in [-0.39, 0.29) is 23.2 Å². The third-order valence-electron chi connectivity index (χ3n) is 6.96. The molecule has 1 saturated heterocycles. The van der Waals surface area contributed by atoms with Crippen molar-refractivity contribution < 1.29 is 27.4 Å². The van der Waals surface area contributed by atoms with Gasteiger partial charge in [0.15, 0.2) is 9.84 Å². The molecule has 2 aliphatic rings. The summed E-state index contributed by atoms with van der Waals surface area (Å²) < 4.78 is 45.4. The first-order chi connectivity index (χ1) is 18.6. The van der Waals surface area contributed by atoms with E-state index >= 15 is 0 Å². The lowest BCUT2D eigenvalue weighted by atomic mass is 10.1. The van der Waals surface area contributed by atoms with Crippen LogP contribution in [0.3, 0.4) is 0 Å². The number of ether oxygens (including phenoxy) is 1. The van der Waals surface area contributed by atoms with Crippen LogP contribution in [0.1, 0.15) is 26.2 Å². The summed E-state index contributed by atoms with van der Waals surface area (Å²) in [7, 11) is -3.51. The molecule has 0 aromatic heterocycles. The van der Waals surface area contributed by atoms with Gasteiger partial charge in [-0.05, 0) is 74.2 Å². The number of sulfone groups is 1. The van der Waals surface area contributed by atoms with E-state index in [4.69, 9.17) is 26.7 Å². The van der Waals surface area contributed by atoms with Gasteiger partial charge in [-0.2, -0.15) is 5.26 Å². The zero-order valence-electron chi connectivity index (χ0n) is 21.9. The highest BCUT2D eigenvalue weighted by molar-refractivity contribution is 7.92. The molecule has 1 aliphatic carbocycles. The molecule has 2 aromatic carbocycles. The molecule has 4 rings (SSSR count). The Morgan fingerprint density at radius 2 is 1.87 bits per heavy atom. The van der Waals surface area contributed by atoms with Crippen molar-refractivity contribution in [3.63, 3.8) is 0 Å². The van der Waals surface area contributed by atoms with Gasteiger partial charge < -0.3 is 25.0 Å². The Morgan fingerprint density at radius 1 is 1.18 bits per heavy atom. The molecule has 0 unspecified atom stereocenters. The molecule has 2 aromatic rings. The number of hydrogen-bond acceptors (Lipinski definition) is 7. The molecule has 0 radical (unpaired) electrons. The lowest BCUT2D eigenvalue weighted by Gasteiger charge is -2.35. The molecule has 1 saturated carbocycles. The van der Waals surface area contributed by atoms with Gasteiger partial charge in [0.1, 0.15) is 18.1 Å². The Hall–Kier alpha value is -3.07. The quantitative estimate of drug-likeness (QED) is 0.440. The summed E-state index contributed by atoms with van der Waals surface area (Å²) >= 11 is 6.49. The number of amides is 1. The predicted octanol–water partition coefficient (Wildman–Crippen LogP) is 4.42. The molecule has 0 spiro atoms. The fourth-order valence-corrected chi connectivity index (χ4v) is 7.16. The molecular formula is C27H34ClFN4O5S. The Kier molecular flexibility index (Phi) is 11.2. The van der Waals surface area contributed by atoms with Gasteiger partial charge in [0.25, 0.3) is 0 Å². The van der Waals surface area contributed by atoms with Gasteiger partial charge in [0, 0.05) is 31.9 Å². The number of likely N-dealkylation sites (N-methyl/N-ethyl adjacent to an activating group) is 1. The van der Waals surface area contributed by atoms with Crippen LogP contribution >= 0.6 is 11.6 Å². The standard InChI is InChI=1S/C24H30ClFN2O3S.C3H4N2O2/c1-2-27-11-13-28(14-12-27)20-6-10-24(23(25)16-20)32(29,30)22-9-3-18(15-22)17-31-21-7-4-19(26)5-8-21;4-1-2-5-3(6)7/h4-8,10,16,18,22H,2-3,9,11-15,17H2,1H3;5H,2H2,(H,6,7)/t18-,22+;/m1./s1. The lowest BCUT2D eigenvalue weighted by molar-refractivity contribution is 0.196. The number of rotatable bonds is 8. The van der Waals surface area contributed by atoms with Crippen LogP contribution in [0.2, 0.25) is 5.02 Å². The van der Waals surface area contributed by atoms with E-state index in [1.165, 1.54) is 12.1 Å². The van der Waals surface area contributed by atoms with E-state index < -0.39 is 21.2 Å². The maximum Gasteiger partial charge on any atom is 0.405 e. The molecule has 2 atom stereocenters. The van der Waals surface area contributed by atoms with Gasteiger partial charge in [-0.3, -0.25) is 0 Å². The van der Waals surface area contributed by atoms with Gasteiger partial charge in [0.2, 0.25) is 0 Å². The number of carboxylic acid groups (broad SMARTS) is 1. The molecule has 0 bridgehead atoms. The monoisotopic (exact) mass is 580 g/mol. The lowest BCUT2D eigenvalue weighted by Crippen LogP contribution is -2.46. The van der Waals surface area contributed by atoms with Gasteiger partial charge in [-0.1, -0.05) is 18.5 Å². The second kappa shape index (κ2) is 14.4. The van der Waals surface area contributed by atoms with Crippen molar-refractivity contribution in [3.8, 4) is 11.8 Å². The Bertz CT molecular complexity index is 1250. The molecule has 1 aliphatic heterocycles. The number of hydrogen-bond donors (Lipinski definition) is 2. The number of carbonyl (C=O) groups is 1. The largest absolute Gasteiger partial charge is 0.493 e. The first-order valence-corrected chi connectivity index (χ1v) is 14.8. The summed E-state index contributed by atoms with van der Waals surface area (Å²) in [4.78, 5) is 14.4. The highest BCUT2D eigenvalue weighted by Gasteiger charge is 2.36. The number of nitrogens with zero attached hydrogens (tertiary/aromatic N) is 3. The molecule has 2 N–H and O–H groups in total. The summed E-state index contributed by atoms with van der Waals surface area (Å²) in [6.07, 6.45) is 0.751. The first kappa shape index (κ1) is 30.5. The molecule has 1 amide bonds. The molecule has 212 valence electrons. The highest BCUT2D eigenvalue weighted by atomic mass is 35.5. The number of anilines is 1. The minimum atomic E-state index is -3.51. The topological polar surface area (TPSA) is 123 Å². The van der Waals surface area contributed by atoms with Gasteiger partial charge in [-0.15, -0.1) is 0 Å². The van der Waals surface area contributed by atoms with Crippen molar-refractivity contribution in [2.75, 3.05) is 50.8 Å². The average Bonchev–Trinajstić information content (AvgIpc) is 3.42. The van der Waals surface area contributed by atoms with Crippen molar-refractivity contribution in [1.29, 1.82) is 5.26 Å². The van der Waals surface area contributed by atoms with E-state index in [1.54, 1.807) is 30.3 Å². The number of halogens is 2. The fraction of sp³-hybridized carbons (Fsp3) is 0.481. The average molecular weight is 581 g/mol. The van der Waals surface area contributed by atoms with Gasteiger partial charge in [0.05, 0.1) is 27.8 Å². The third-order valence-corrected chi connectivity index (χ3v) is 9.66. The normalized spacial score (nSPS) is 19.5. The summed E-state index contributed by atoms with van der Waals surface area (Å²) in [5, 5.41) is 17.2. The summed E-state index contributed by atoms with van der Waals surface area (Å²) in [6.45, 7) is 7.31. The maximum atomic E-state index is 13.3. The SMILES string of the molecule is CCN1CCN(c2ccc(S(=O)(=O)[C@H]3CC[C@@H](COc4ccc(F)cc4)C3)c(Cl)c2)CC1.N#CCNC(=O)O. The van der Waals surface area contributed by atoms with Crippen LogP contribution in [-0.4, -0.2) is 75.6 Å². The number of nitrogens with one attached hydrogen (secondary N) is 1. The molecule has 39 heavy (non-hydrogen) atoms. The zero-order valence-corrected chi connectivity index (χ0v) is 23.4. The predicted molar refractivity (Wildman–Crippen MR) is 148 cm³/mol. The van der Waals surface area contributed by atoms with Crippen LogP contribution < -0.4 is 15.0 Å². The number of benzene rings is 2. The van der Waals surface area contributed by atoms with Gasteiger partial charge >= 0.3 is 6.09 Å². The summed E-state index contributed by atoms with van der Waals surface area (Å²) in [5.74, 6) is 0.430. The van der Waals surface area contributed by atoms with Crippen molar-refractivity contribution >= 4 is 33.2 Å². The number of nitriles is 1. The van der Waals surface area contributed by atoms with E-state index in [0.717, 1.165) is 44.8 Å². The smallest absolute Gasteiger partial charge is 0.405 e. The number of piperazine rings is 1. The second-order valence-electron chi connectivity index (χ2n) is 9.46. The van der Waals surface area contributed by atoms with Crippen LogP contribution in [0.5, 0.6) is 5.75 Å². The highest BCUT2D eigenvalue weighted by Crippen LogP contribution is 2.37. The van der Waals surface area contributed by atoms with Crippen LogP contribution in [0.15, 0.2) is 47.4 Å². The Balaban J connectivity index is 0.000000532. The minimum absolute atomic E-state index is 0.144. The van der Waals surface area contributed by atoms with E-state index in [0.29, 0.717) is 30.2 Å². The van der Waals surface area contributed by atoms with E-state index in [1.807, 2.05) is 11.4 Å². The molecule has 12 heteroatoms. The van der Waals surface area contributed by atoms with Crippen molar-refractivity contribution in [3.05, 3.63) is 53.3 Å². The second-order valence-corrected chi connectivity index (χ2v) is 12.1. The summed E-state index contributed by atoms with van der Waals surface area (Å²) in [6, 6.07) is 12.8. The Labute approximate surface area is 234 Å². The third kappa shape index (κ3) is 8.71. The van der Waals surface area contributed by atoms with Crippen LogP contribution in [0, 0.1) is 23.1 Å². The van der Waals surface area contributed by atoms with E-state index in [2.05, 4.69) is 16.7 Å². The fourth-order valence-electron chi connectivity index (χ4n) is 4.74. The molecule has 2 fully saturated rings. The van der Waals surface area contributed by atoms with Crippen molar-refractivity contribution in [1.82, 2.24) is 10.2 Å². The maximum absolute atomic E-state index is 13.3. The summed E-state index contributed by atoms with van der Waals surface area (Å²) in [5.41, 5.74) is 0.974. The molecule has 9 nitrogen and oxygen atoms in total. The van der Waals surface area contributed by atoms with Crippen molar-refractivity contribution in [2.24, 2.45) is 5.92 Å². The minimum Gasteiger partial charge on any atom is -0.493 e. The zero-order chi connectivity index (χ0) is 28.4.